The van der Waals surface area contributed by atoms with Crippen LogP contribution < -0.4 is 5.32 Å². The van der Waals surface area contributed by atoms with E-state index in [-0.39, 0.29) is 6.10 Å². The van der Waals surface area contributed by atoms with Crippen LogP contribution in [0.4, 0.5) is 0 Å². The molecule has 2 atom stereocenters. The van der Waals surface area contributed by atoms with Crippen LogP contribution in [0.25, 0.3) is 0 Å². The third-order valence-electron chi connectivity index (χ3n) is 3.19. The van der Waals surface area contributed by atoms with E-state index in [9.17, 15) is 5.11 Å². The summed E-state index contributed by atoms with van der Waals surface area (Å²) in [5.41, 5.74) is 1.25. The number of likely N-dealkylation sites (tertiary alicyclic amines) is 1. The fourth-order valence-corrected chi connectivity index (χ4v) is 2.18. The zero-order valence-corrected chi connectivity index (χ0v) is 10.7. The van der Waals surface area contributed by atoms with E-state index in [1.807, 2.05) is 0 Å². The number of hydrogen-bond donors (Lipinski definition) is 2. The molecule has 1 rings (SSSR count). The van der Waals surface area contributed by atoms with Crippen LogP contribution in [0.1, 0.15) is 26.7 Å². The first kappa shape index (κ1) is 13.7. The molecule has 3 heteroatoms. The Morgan fingerprint density at radius 2 is 2.31 bits per heavy atom. The summed E-state index contributed by atoms with van der Waals surface area (Å²) in [7, 11) is 0. The van der Waals surface area contributed by atoms with Gasteiger partial charge in [-0.15, -0.1) is 0 Å². The minimum atomic E-state index is -0.109. The summed E-state index contributed by atoms with van der Waals surface area (Å²) >= 11 is 0. The Hall–Kier alpha value is -0.380. The molecule has 0 spiro atoms. The molecule has 1 aliphatic rings. The summed E-state index contributed by atoms with van der Waals surface area (Å²) in [6, 6.07) is 0. The van der Waals surface area contributed by atoms with E-state index < -0.39 is 0 Å². The Balaban J connectivity index is 2.19. The van der Waals surface area contributed by atoms with Crippen LogP contribution in [0, 0.1) is 5.92 Å². The highest BCUT2D eigenvalue weighted by Crippen LogP contribution is 2.16. The summed E-state index contributed by atoms with van der Waals surface area (Å²) in [4.78, 5) is 2.40. The number of nitrogens with zero attached hydrogens (tertiary/aromatic N) is 1. The van der Waals surface area contributed by atoms with Crippen LogP contribution >= 0.6 is 0 Å². The lowest BCUT2D eigenvalue weighted by molar-refractivity contribution is 0.0386. The summed E-state index contributed by atoms with van der Waals surface area (Å²) in [5, 5.41) is 13.0. The van der Waals surface area contributed by atoms with Gasteiger partial charge in [-0.3, -0.25) is 4.90 Å². The van der Waals surface area contributed by atoms with E-state index >= 15 is 0 Å². The second-order valence-corrected chi connectivity index (χ2v) is 5.00. The predicted octanol–water partition coefficient (Wildman–Crippen LogP) is 1.24. The molecular weight excluding hydrogens is 200 g/mol. The third kappa shape index (κ3) is 4.64. The van der Waals surface area contributed by atoms with E-state index in [0.29, 0.717) is 5.92 Å². The maximum absolute atomic E-state index is 9.64. The van der Waals surface area contributed by atoms with Crippen molar-refractivity contribution in [2.45, 2.75) is 32.8 Å². The zero-order valence-electron chi connectivity index (χ0n) is 10.7. The molecule has 3 nitrogen and oxygen atoms in total. The van der Waals surface area contributed by atoms with Gasteiger partial charge in [0.25, 0.3) is 0 Å². The maximum atomic E-state index is 9.64. The van der Waals surface area contributed by atoms with Gasteiger partial charge in [-0.05, 0) is 30.9 Å². The van der Waals surface area contributed by atoms with Crippen LogP contribution in [-0.2, 0) is 0 Å². The molecule has 0 bridgehead atoms. The second-order valence-electron chi connectivity index (χ2n) is 5.00. The van der Waals surface area contributed by atoms with Gasteiger partial charge in [0.2, 0.25) is 0 Å². The maximum Gasteiger partial charge on any atom is 0.0590 e. The molecule has 1 fully saturated rings. The van der Waals surface area contributed by atoms with Gasteiger partial charge in [0.1, 0.15) is 0 Å². The van der Waals surface area contributed by atoms with E-state index in [1.54, 1.807) is 0 Å². The molecule has 94 valence electrons. The molecule has 0 aliphatic carbocycles. The van der Waals surface area contributed by atoms with Crippen molar-refractivity contribution >= 4 is 0 Å². The minimum absolute atomic E-state index is 0.109. The number of nitrogens with one attached hydrogen (secondary N) is 1. The average molecular weight is 226 g/mol. The number of piperidine rings is 1. The third-order valence-corrected chi connectivity index (χ3v) is 3.19. The van der Waals surface area contributed by atoms with Crippen molar-refractivity contribution in [2.24, 2.45) is 5.92 Å². The van der Waals surface area contributed by atoms with E-state index in [0.717, 1.165) is 39.1 Å². The van der Waals surface area contributed by atoms with Crippen molar-refractivity contribution < 1.29 is 5.11 Å². The molecule has 1 heterocycles. The molecule has 2 unspecified atom stereocenters. The fraction of sp³-hybridized carbons (Fsp3) is 0.846. The first-order valence-corrected chi connectivity index (χ1v) is 6.41. The minimum Gasteiger partial charge on any atom is -0.393 e. The topological polar surface area (TPSA) is 35.5 Å². The first-order chi connectivity index (χ1) is 7.63. The molecule has 1 aliphatic heterocycles. The van der Waals surface area contributed by atoms with Crippen molar-refractivity contribution in [2.75, 3.05) is 32.7 Å². The molecule has 0 aromatic rings. The highest BCUT2D eigenvalue weighted by molar-refractivity contribution is 5.00. The van der Waals surface area contributed by atoms with Crippen LogP contribution in [-0.4, -0.2) is 48.8 Å². The second kappa shape index (κ2) is 7.05. The van der Waals surface area contributed by atoms with Crippen LogP contribution in [0.2, 0.25) is 0 Å². The lowest BCUT2D eigenvalue weighted by Gasteiger charge is -2.34. The Morgan fingerprint density at radius 3 is 2.94 bits per heavy atom. The quantitative estimate of drug-likeness (QED) is 0.528. The monoisotopic (exact) mass is 226 g/mol. The number of hydrogen-bond acceptors (Lipinski definition) is 3. The van der Waals surface area contributed by atoms with Crippen LogP contribution in [0.3, 0.4) is 0 Å². The molecule has 0 aromatic carbocycles. The predicted molar refractivity (Wildman–Crippen MR) is 68.5 cm³/mol. The first-order valence-electron chi connectivity index (χ1n) is 6.41. The molecular formula is C13H26N2O. The fourth-order valence-electron chi connectivity index (χ4n) is 2.18. The van der Waals surface area contributed by atoms with Gasteiger partial charge >= 0.3 is 0 Å². The number of rotatable bonds is 6. The van der Waals surface area contributed by atoms with Crippen molar-refractivity contribution in [1.29, 1.82) is 0 Å². The van der Waals surface area contributed by atoms with E-state index in [1.165, 1.54) is 12.0 Å². The smallest absolute Gasteiger partial charge is 0.0590 e. The normalized spacial score (nSPS) is 26.9. The lowest BCUT2D eigenvalue weighted by atomic mass is 9.96. The highest BCUT2D eigenvalue weighted by Gasteiger charge is 2.23. The SMILES string of the molecule is C=C(CNCCC)CN1CCC(O)C(C)C1. The van der Waals surface area contributed by atoms with Gasteiger partial charge in [0.15, 0.2) is 0 Å². The Bertz CT molecular complexity index is 218. The van der Waals surface area contributed by atoms with E-state index in [4.69, 9.17) is 0 Å². The van der Waals surface area contributed by atoms with Gasteiger partial charge in [-0.2, -0.15) is 0 Å². The summed E-state index contributed by atoms with van der Waals surface area (Å²) < 4.78 is 0. The molecule has 0 amide bonds. The molecule has 16 heavy (non-hydrogen) atoms. The number of aliphatic hydroxyl groups excluding tert-OH is 1. The Kier molecular flexibility index (Phi) is 6.03. The Morgan fingerprint density at radius 1 is 1.56 bits per heavy atom. The molecule has 0 saturated carbocycles. The van der Waals surface area contributed by atoms with Crippen LogP contribution in [0.5, 0.6) is 0 Å². The number of aliphatic hydroxyl groups is 1. The average Bonchev–Trinajstić information content (AvgIpc) is 2.24. The van der Waals surface area contributed by atoms with Gasteiger partial charge in [0.05, 0.1) is 6.10 Å². The highest BCUT2D eigenvalue weighted by atomic mass is 16.3. The molecule has 1 saturated heterocycles. The van der Waals surface area contributed by atoms with Crippen molar-refractivity contribution in [3.63, 3.8) is 0 Å². The van der Waals surface area contributed by atoms with Crippen molar-refractivity contribution in [1.82, 2.24) is 10.2 Å². The van der Waals surface area contributed by atoms with Crippen LogP contribution in [0.15, 0.2) is 12.2 Å². The zero-order chi connectivity index (χ0) is 12.0. The molecule has 2 N–H and O–H groups in total. The largest absolute Gasteiger partial charge is 0.393 e. The molecule has 0 radical (unpaired) electrons. The molecule has 0 aromatic heterocycles. The summed E-state index contributed by atoms with van der Waals surface area (Å²) in [5.74, 6) is 0.394. The van der Waals surface area contributed by atoms with Gasteiger partial charge in [0, 0.05) is 26.2 Å². The standard InChI is InChI=1S/C13H26N2O/c1-4-6-14-8-11(2)9-15-7-5-13(16)12(3)10-15/h12-14,16H,2,4-10H2,1,3H3. The van der Waals surface area contributed by atoms with Crippen molar-refractivity contribution in [3.8, 4) is 0 Å². The van der Waals surface area contributed by atoms with Crippen molar-refractivity contribution in [3.05, 3.63) is 12.2 Å². The summed E-state index contributed by atoms with van der Waals surface area (Å²) in [6.45, 7) is 13.3. The van der Waals surface area contributed by atoms with Gasteiger partial charge in [-0.25, -0.2) is 0 Å². The van der Waals surface area contributed by atoms with E-state index in [2.05, 4.69) is 30.6 Å². The Labute approximate surface area is 99.5 Å². The lowest BCUT2D eigenvalue weighted by Crippen LogP contribution is -2.43. The van der Waals surface area contributed by atoms with Gasteiger partial charge < -0.3 is 10.4 Å². The summed E-state index contributed by atoms with van der Waals surface area (Å²) in [6.07, 6.45) is 1.96. The van der Waals surface area contributed by atoms with Gasteiger partial charge in [-0.1, -0.05) is 20.4 Å².